The molecule has 3 nitrogen and oxygen atoms in total. The van der Waals surface area contributed by atoms with E-state index in [1.165, 1.54) is 48.9 Å². The van der Waals surface area contributed by atoms with Crippen LogP contribution in [-0.2, 0) is 6.54 Å². The van der Waals surface area contributed by atoms with Gasteiger partial charge in [-0.15, -0.1) is 0 Å². The second-order valence-electron chi connectivity index (χ2n) is 6.09. The monoisotopic (exact) mass is 284 g/mol. The third-order valence-electron chi connectivity index (χ3n) is 4.56. The van der Waals surface area contributed by atoms with Crippen LogP contribution in [0.15, 0.2) is 30.5 Å². The number of nitrogens with zero attached hydrogens (tertiary/aromatic N) is 2. The predicted octanol–water partition coefficient (Wildman–Crippen LogP) is 4.45. The molecule has 1 fully saturated rings. The molecular formula is C18H24N2O. The second-order valence-corrected chi connectivity index (χ2v) is 6.09. The van der Waals surface area contributed by atoms with Crippen LogP contribution in [0.5, 0.6) is 5.75 Å². The lowest BCUT2D eigenvalue weighted by atomic mass is 9.89. The van der Waals surface area contributed by atoms with E-state index in [1.54, 1.807) is 7.11 Å². The highest BCUT2D eigenvalue weighted by atomic mass is 16.5. The highest BCUT2D eigenvalue weighted by Gasteiger charge is 2.16. The molecule has 0 N–H and O–H groups in total. The number of aryl methyl sites for hydroxylation is 1. The normalized spacial score (nSPS) is 16.1. The molecule has 0 atom stereocenters. The van der Waals surface area contributed by atoms with Crippen LogP contribution in [0, 0.1) is 12.8 Å². The van der Waals surface area contributed by atoms with Crippen LogP contribution in [0.3, 0.4) is 0 Å². The molecule has 3 rings (SSSR count). The van der Waals surface area contributed by atoms with E-state index in [9.17, 15) is 0 Å². The van der Waals surface area contributed by atoms with E-state index in [0.717, 1.165) is 18.2 Å². The third kappa shape index (κ3) is 3.12. The lowest BCUT2D eigenvalue weighted by Gasteiger charge is -2.22. The summed E-state index contributed by atoms with van der Waals surface area (Å²) in [6.45, 7) is 3.14. The number of methoxy groups -OCH3 is 1. The van der Waals surface area contributed by atoms with Gasteiger partial charge in [0.1, 0.15) is 5.75 Å². The molecule has 0 spiro atoms. The molecule has 2 aromatic rings. The zero-order chi connectivity index (χ0) is 14.7. The van der Waals surface area contributed by atoms with Crippen molar-refractivity contribution >= 4 is 0 Å². The summed E-state index contributed by atoms with van der Waals surface area (Å²) in [6, 6.07) is 8.47. The lowest BCUT2D eigenvalue weighted by Crippen LogP contribution is -2.15. The van der Waals surface area contributed by atoms with Crippen LogP contribution in [0.1, 0.15) is 37.7 Å². The maximum Gasteiger partial charge on any atom is 0.121 e. The number of hydrogen-bond acceptors (Lipinski definition) is 2. The Morgan fingerprint density at radius 1 is 1.19 bits per heavy atom. The SMILES string of the molecule is COc1ccc(-c2ccnn2CC2CCCCC2)cc1C. The Bertz CT molecular complexity index is 597. The van der Waals surface area contributed by atoms with Gasteiger partial charge in [0.25, 0.3) is 0 Å². The van der Waals surface area contributed by atoms with E-state index in [4.69, 9.17) is 4.74 Å². The van der Waals surface area contributed by atoms with Gasteiger partial charge in [0, 0.05) is 18.3 Å². The number of hydrogen-bond donors (Lipinski definition) is 0. The molecule has 0 unspecified atom stereocenters. The number of rotatable bonds is 4. The summed E-state index contributed by atoms with van der Waals surface area (Å²) in [7, 11) is 1.72. The summed E-state index contributed by atoms with van der Waals surface area (Å²) >= 11 is 0. The molecule has 1 aromatic carbocycles. The molecule has 112 valence electrons. The average Bonchev–Trinajstić information content (AvgIpc) is 2.96. The largest absolute Gasteiger partial charge is 0.496 e. The van der Waals surface area contributed by atoms with Crippen LogP contribution in [0.4, 0.5) is 0 Å². The van der Waals surface area contributed by atoms with Crippen molar-refractivity contribution in [3.63, 3.8) is 0 Å². The number of aromatic nitrogens is 2. The van der Waals surface area contributed by atoms with Crippen molar-refractivity contribution in [1.82, 2.24) is 9.78 Å². The quantitative estimate of drug-likeness (QED) is 0.829. The Morgan fingerprint density at radius 3 is 2.71 bits per heavy atom. The summed E-state index contributed by atoms with van der Waals surface area (Å²) in [5, 5.41) is 4.54. The van der Waals surface area contributed by atoms with Crippen LogP contribution < -0.4 is 4.74 Å². The van der Waals surface area contributed by atoms with E-state index in [-0.39, 0.29) is 0 Å². The maximum absolute atomic E-state index is 5.35. The fraction of sp³-hybridized carbons (Fsp3) is 0.500. The molecular weight excluding hydrogens is 260 g/mol. The minimum Gasteiger partial charge on any atom is -0.496 e. The minimum atomic E-state index is 0.789. The van der Waals surface area contributed by atoms with Gasteiger partial charge in [-0.25, -0.2) is 0 Å². The molecule has 0 radical (unpaired) electrons. The van der Waals surface area contributed by atoms with Crippen molar-refractivity contribution < 1.29 is 4.74 Å². The average molecular weight is 284 g/mol. The van der Waals surface area contributed by atoms with E-state index in [0.29, 0.717) is 0 Å². The van der Waals surface area contributed by atoms with Gasteiger partial charge in [0.05, 0.1) is 12.8 Å². The lowest BCUT2D eigenvalue weighted by molar-refractivity contribution is 0.309. The highest BCUT2D eigenvalue weighted by molar-refractivity contribution is 5.62. The molecule has 3 heteroatoms. The Hall–Kier alpha value is -1.77. The molecule has 1 aliphatic carbocycles. The maximum atomic E-state index is 5.35. The van der Waals surface area contributed by atoms with Crippen molar-refractivity contribution in [1.29, 1.82) is 0 Å². The zero-order valence-corrected chi connectivity index (χ0v) is 13.0. The van der Waals surface area contributed by atoms with Gasteiger partial charge in [-0.1, -0.05) is 19.3 Å². The van der Waals surface area contributed by atoms with Crippen molar-refractivity contribution in [2.45, 2.75) is 45.6 Å². The van der Waals surface area contributed by atoms with E-state index < -0.39 is 0 Å². The van der Waals surface area contributed by atoms with Crippen LogP contribution in [0.2, 0.25) is 0 Å². The van der Waals surface area contributed by atoms with E-state index in [2.05, 4.69) is 34.9 Å². The molecule has 1 heterocycles. The summed E-state index contributed by atoms with van der Waals surface area (Å²) in [4.78, 5) is 0. The first-order valence-corrected chi connectivity index (χ1v) is 7.95. The highest BCUT2D eigenvalue weighted by Crippen LogP contribution is 2.29. The Morgan fingerprint density at radius 2 is 2.00 bits per heavy atom. The van der Waals surface area contributed by atoms with Gasteiger partial charge in [-0.05, 0) is 55.5 Å². The molecule has 1 aliphatic rings. The molecule has 1 saturated carbocycles. The second kappa shape index (κ2) is 6.33. The van der Waals surface area contributed by atoms with Gasteiger partial charge in [0.2, 0.25) is 0 Å². The van der Waals surface area contributed by atoms with E-state index in [1.807, 2.05) is 12.3 Å². The topological polar surface area (TPSA) is 27.1 Å². The molecule has 0 amide bonds. The molecule has 21 heavy (non-hydrogen) atoms. The number of ether oxygens (including phenoxy) is 1. The fourth-order valence-corrected chi connectivity index (χ4v) is 3.38. The summed E-state index contributed by atoms with van der Waals surface area (Å²) in [5.74, 6) is 1.73. The molecule has 0 aliphatic heterocycles. The Kier molecular flexibility index (Phi) is 4.28. The number of benzene rings is 1. The first-order chi connectivity index (χ1) is 10.3. The summed E-state index contributed by atoms with van der Waals surface area (Å²) in [6.07, 6.45) is 8.77. The van der Waals surface area contributed by atoms with Crippen molar-refractivity contribution in [3.05, 3.63) is 36.0 Å². The standard InChI is InChI=1S/C18H24N2O/c1-14-12-16(8-9-18(14)21-2)17-10-11-19-20(17)13-15-6-4-3-5-7-15/h8-12,15H,3-7,13H2,1-2H3. The van der Waals surface area contributed by atoms with Gasteiger partial charge in [0.15, 0.2) is 0 Å². The van der Waals surface area contributed by atoms with Crippen LogP contribution in [0.25, 0.3) is 11.3 Å². The summed E-state index contributed by atoms with van der Waals surface area (Å²) < 4.78 is 7.52. The fourth-order valence-electron chi connectivity index (χ4n) is 3.38. The van der Waals surface area contributed by atoms with Crippen molar-refractivity contribution in [2.24, 2.45) is 5.92 Å². The summed E-state index contributed by atoms with van der Waals surface area (Å²) in [5.41, 5.74) is 3.60. The van der Waals surface area contributed by atoms with Gasteiger partial charge in [-0.3, -0.25) is 4.68 Å². The van der Waals surface area contributed by atoms with Gasteiger partial charge >= 0.3 is 0 Å². The van der Waals surface area contributed by atoms with Crippen molar-refractivity contribution in [3.8, 4) is 17.0 Å². The first kappa shape index (κ1) is 14.2. The minimum absolute atomic E-state index is 0.789. The predicted molar refractivity (Wildman–Crippen MR) is 85.5 cm³/mol. The first-order valence-electron chi connectivity index (χ1n) is 7.95. The van der Waals surface area contributed by atoms with E-state index >= 15 is 0 Å². The smallest absolute Gasteiger partial charge is 0.121 e. The van der Waals surface area contributed by atoms with Crippen LogP contribution in [-0.4, -0.2) is 16.9 Å². The Balaban J connectivity index is 1.82. The molecule has 0 saturated heterocycles. The molecule has 1 aromatic heterocycles. The van der Waals surface area contributed by atoms with Gasteiger partial charge < -0.3 is 4.74 Å². The van der Waals surface area contributed by atoms with Crippen molar-refractivity contribution in [2.75, 3.05) is 7.11 Å². The third-order valence-corrected chi connectivity index (χ3v) is 4.56. The van der Waals surface area contributed by atoms with Gasteiger partial charge in [-0.2, -0.15) is 5.10 Å². The zero-order valence-electron chi connectivity index (χ0n) is 13.0. The Labute approximate surface area is 126 Å². The van der Waals surface area contributed by atoms with Crippen LogP contribution >= 0.6 is 0 Å². The molecule has 0 bridgehead atoms.